The van der Waals surface area contributed by atoms with E-state index in [1.54, 1.807) is 23.1 Å². The molecule has 3 heterocycles. The quantitative estimate of drug-likeness (QED) is 0.890. The van der Waals surface area contributed by atoms with Gasteiger partial charge >= 0.3 is 0 Å². The number of rotatable bonds is 4. The van der Waals surface area contributed by atoms with Crippen molar-refractivity contribution in [3.8, 4) is 0 Å². The van der Waals surface area contributed by atoms with Gasteiger partial charge in [-0.15, -0.1) is 11.3 Å². The number of nitrogens with zero attached hydrogens (tertiary/aromatic N) is 1. The van der Waals surface area contributed by atoms with Crippen LogP contribution in [0.4, 0.5) is 0 Å². The summed E-state index contributed by atoms with van der Waals surface area (Å²) in [4.78, 5) is 16.8. The monoisotopic (exact) mass is 364 g/mol. The average molecular weight is 365 g/mol. The van der Waals surface area contributed by atoms with Crippen LogP contribution in [0.15, 0.2) is 45.5 Å². The molecule has 120 valence electrons. The summed E-state index contributed by atoms with van der Waals surface area (Å²) in [5, 5.41) is 3.95. The van der Waals surface area contributed by atoms with Crippen LogP contribution in [0, 0.1) is 5.92 Å². The minimum absolute atomic E-state index is 0.0664. The van der Waals surface area contributed by atoms with Crippen LogP contribution in [0.3, 0.4) is 0 Å². The fraction of sp³-hybridized carbons (Fsp3) is 0.353. The van der Waals surface area contributed by atoms with E-state index >= 15 is 0 Å². The summed E-state index contributed by atoms with van der Waals surface area (Å²) in [6.07, 6.45) is 1.22. The molecule has 2 bridgehead atoms. The van der Waals surface area contributed by atoms with Crippen LogP contribution < -0.4 is 5.32 Å². The van der Waals surface area contributed by atoms with Gasteiger partial charge < -0.3 is 10.2 Å². The van der Waals surface area contributed by atoms with Crippen molar-refractivity contribution in [1.29, 1.82) is 0 Å². The zero-order chi connectivity index (χ0) is 15.8. The maximum atomic E-state index is 12.4. The van der Waals surface area contributed by atoms with E-state index in [1.807, 2.05) is 36.4 Å². The van der Waals surface area contributed by atoms with Crippen molar-refractivity contribution < 1.29 is 4.79 Å². The summed E-state index contributed by atoms with van der Waals surface area (Å²) in [6, 6.07) is 12.0. The highest BCUT2D eigenvalue weighted by atomic mass is 35.5. The minimum Gasteiger partial charge on any atom is -0.347 e. The van der Waals surface area contributed by atoms with E-state index in [0.717, 1.165) is 32.1 Å². The normalized spacial score (nSPS) is 25.7. The van der Waals surface area contributed by atoms with Crippen molar-refractivity contribution in [3.63, 3.8) is 0 Å². The van der Waals surface area contributed by atoms with Crippen molar-refractivity contribution in [3.05, 3.63) is 46.3 Å². The van der Waals surface area contributed by atoms with E-state index in [1.165, 1.54) is 13.0 Å². The lowest BCUT2D eigenvalue weighted by Gasteiger charge is -2.22. The number of fused-ring (bicyclic) bond motifs is 2. The zero-order valence-corrected chi connectivity index (χ0v) is 14.9. The molecule has 2 unspecified atom stereocenters. The van der Waals surface area contributed by atoms with Gasteiger partial charge in [0.15, 0.2) is 0 Å². The minimum atomic E-state index is 0.0664. The van der Waals surface area contributed by atoms with Crippen molar-refractivity contribution in [2.45, 2.75) is 21.6 Å². The molecule has 2 fully saturated rings. The average Bonchev–Trinajstić information content (AvgIpc) is 3.26. The number of hydrogen-bond acceptors (Lipinski definition) is 4. The second kappa shape index (κ2) is 6.48. The highest BCUT2D eigenvalue weighted by Crippen LogP contribution is 2.34. The largest absolute Gasteiger partial charge is 0.347 e. The zero-order valence-electron chi connectivity index (χ0n) is 12.5. The molecule has 2 aliphatic rings. The molecule has 0 spiro atoms. The number of thiophene rings is 1. The topological polar surface area (TPSA) is 32.3 Å². The van der Waals surface area contributed by atoms with Crippen LogP contribution in [-0.2, 0) is 0 Å². The van der Waals surface area contributed by atoms with Gasteiger partial charge in [-0.2, -0.15) is 0 Å². The van der Waals surface area contributed by atoms with Gasteiger partial charge in [0.25, 0.3) is 5.91 Å². The van der Waals surface area contributed by atoms with Gasteiger partial charge in [0, 0.05) is 29.0 Å². The van der Waals surface area contributed by atoms with Gasteiger partial charge in [0.05, 0.1) is 9.09 Å². The van der Waals surface area contributed by atoms with E-state index in [-0.39, 0.29) is 5.91 Å². The molecule has 1 N–H and O–H groups in total. The van der Waals surface area contributed by atoms with E-state index in [4.69, 9.17) is 11.6 Å². The van der Waals surface area contributed by atoms with Gasteiger partial charge in [-0.25, -0.2) is 0 Å². The van der Waals surface area contributed by atoms with E-state index in [9.17, 15) is 4.79 Å². The molecule has 0 aliphatic carbocycles. The molecule has 4 rings (SSSR count). The third-order valence-corrected chi connectivity index (χ3v) is 6.96. The molecule has 3 atom stereocenters. The summed E-state index contributed by atoms with van der Waals surface area (Å²) in [5.74, 6) is 0.707. The number of carbonyl (C=O) groups is 1. The summed E-state index contributed by atoms with van der Waals surface area (Å²) >= 11 is 9.11. The molecule has 3 nitrogen and oxygen atoms in total. The van der Waals surface area contributed by atoms with E-state index in [0.29, 0.717) is 12.0 Å². The molecular weight excluding hydrogens is 348 g/mol. The second-order valence-electron chi connectivity index (χ2n) is 6.06. The molecule has 2 aromatic rings. The van der Waals surface area contributed by atoms with Crippen LogP contribution >= 0.6 is 34.7 Å². The lowest BCUT2D eigenvalue weighted by atomic mass is 10.00. The first kappa shape index (κ1) is 15.5. The fourth-order valence-corrected chi connectivity index (χ4v) is 5.43. The Morgan fingerprint density at radius 1 is 1.22 bits per heavy atom. The maximum absolute atomic E-state index is 12.4. The smallest absolute Gasteiger partial charge is 0.261 e. The number of piperidine rings is 1. The third-order valence-electron chi connectivity index (χ3n) is 4.49. The fourth-order valence-electron chi connectivity index (χ4n) is 3.30. The lowest BCUT2D eigenvalue weighted by molar-refractivity contribution is 0.0928. The van der Waals surface area contributed by atoms with Crippen molar-refractivity contribution in [2.24, 2.45) is 5.92 Å². The Morgan fingerprint density at radius 2 is 2.04 bits per heavy atom. The molecule has 0 radical (unpaired) electrons. The second-order valence-corrected chi connectivity index (χ2v) is 8.96. The van der Waals surface area contributed by atoms with Crippen LogP contribution in [0.5, 0.6) is 0 Å². The molecule has 0 saturated carbocycles. The van der Waals surface area contributed by atoms with Crippen LogP contribution in [0.2, 0.25) is 5.02 Å². The first-order valence-electron chi connectivity index (χ1n) is 7.74. The lowest BCUT2D eigenvalue weighted by Crippen LogP contribution is -2.42. The van der Waals surface area contributed by atoms with E-state index < -0.39 is 0 Å². The van der Waals surface area contributed by atoms with Gasteiger partial charge in [0.1, 0.15) is 0 Å². The first-order valence-corrected chi connectivity index (χ1v) is 9.75. The highest BCUT2D eigenvalue weighted by molar-refractivity contribution is 8.01. The summed E-state index contributed by atoms with van der Waals surface area (Å²) < 4.78 is 1.12. The highest BCUT2D eigenvalue weighted by Gasteiger charge is 2.38. The van der Waals surface area contributed by atoms with Crippen LogP contribution in [0.1, 0.15) is 16.1 Å². The first-order chi connectivity index (χ1) is 11.2. The molecule has 23 heavy (non-hydrogen) atoms. The third kappa shape index (κ3) is 3.43. The standard InChI is InChI=1S/C17H17ClN2OS2/c18-12-1-3-13(4-2-12)22-16-6-5-15(23-16)17(21)19-14-10-20-8-7-11(14)9-20/h1-6,11,14H,7-10H2,(H,19,21)/t11-,14?/m0/s1. The Hall–Kier alpha value is -1.01. The predicted octanol–water partition coefficient (Wildman–Crippen LogP) is 3.99. The number of carbonyl (C=O) groups excluding carboxylic acids is 1. The number of amides is 1. The predicted molar refractivity (Wildman–Crippen MR) is 95.7 cm³/mol. The molecule has 1 aromatic carbocycles. The van der Waals surface area contributed by atoms with Gasteiger partial charge in [-0.3, -0.25) is 4.79 Å². The van der Waals surface area contributed by atoms with E-state index in [2.05, 4.69) is 10.2 Å². The van der Waals surface area contributed by atoms with Crippen molar-refractivity contribution in [1.82, 2.24) is 10.2 Å². The van der Waals surface area contributed by atoms with Crippen LogP contribution in [0.25, 0.3) is 0 Å². The SMILES string of the molecule is O=C(NC1CN2CC[C@H]1C2)c1ccc(Sc2ccc(Cl)cc2)s1. The Morgan fingerprint density at radius 3 is 2.74 bits per heavy atom. The summed E-state index contributed by atoms with van der Waals surface area (Å²) in [5.41, 5.74) is 0. The Bertz CT molecular complexity index is 716. The summed E-state index contributed by atoms with van der Waals surface area (Å²) in [7, 11) is 0. The molecule has 2 aliphatic heterocycles. The molecule has 6 heteroatoms. The van der Waals surface area contributed by atoms with Crippen LogP contribution in [-0.4, -0.2) is 36.5 Å². The van der Waals surface area contributed by atoms with Gasteiger partial charge in [-0.05, 0) is 55.3 Å². The number of halogens is 1. The van der Waals surface area contributed by atoms with Gasteiger partial charge in [0.2, 0.25) is 0 Å². The molecule has 1 amide bonds. The summed E-state index contributed by atoms with van der Waals surface area (Å²) in [6.45, 7) is 3.35. The Labute approximate surface area is 149 Å². The number of hydrogen-bond donors (Lipinski definition) is 1. The Balaban J connectivity index is 1.39. The molecule has 1 aromatic heterocycles. The van der Waals surface area contributed by atoms with Crippen molar-refractivity contribution >= 4 is 40.6 Å². The number of benzene rings is 1. The van der Waals surface area contributed by atoms with Crippen molar-refractivity contribution in [2.75, 3.05) is 19.6 Å². The number of nitrogens with one attached hydrogen (secondary N) is 1. The molecular formula is C17H17ClN2OS2. The Kier molecular flexibility index (Phi) is 4.37. The molecule has 2 saturated heterocycles. The maximum Gasteiger partial charge on any atom is 0.261 e. The van der Waals surface area contributed by atoms with Gasteiger partial charge in [-0.1, -0.05) is 23.4 Å².